The van der Waals surface area contributed by atoms with Crippen molar-refractivity contribution in [2.24, 2.45) is 0 Å². The van der Waals surface area contributed by atoms with Crippen LogP contribution in [0, 0.1) is 0 Å². The van der Waals surface area contributed by atoms with E-state index in [1.54, 1.807) is 6.08 Å². The summed E-state index contributed by atoms with van der Waals surface area (Å²) in [5.74, 6) is -0.295. The Kier molecular flexibility index (Phi) is 47.4. The molecule has 0 saturated carbocycles. The predicted molar refractivity (Wildman–Crippen MR) is 359 cm³/mol. The van der Waals surface area contributed by atoms with Crippen LogP contribution in [0.1, 0.15) is 187 Å². The molecule has 524 valence electrons. The van der Waals surface area contributed by atoms with Crippen LogP contribution in [-0.4, -0.2) is 193 Å². The highest BCUT2D eigenvalue weighted by Gasteiger charge is 2.53. The number of nitrogens with one attached hydrogen (secondary N) is 1. The van der Waals surface area contributed by atoms with Crippen LogP contribution in [0.2, 0.25) is 0 Å². The molecule has 0 radical (unpaired) electrons. The zero-order valence-corrected chi connectivity index (χ0v) is 55.2. The van der Waals surface area contributed by atoms with Gasteiger partial charge in [0.05, 0.1) is 38.6 Å². The van der Waals surface area contributed by atoms with Crippen molar-refractivity contribution < 1.29 is 89.4 Å². The second-order valence-electron chi connectivity index (χ2n) is 23.9. The first-order valence-corrected chi connectivity index (χ1v) is 34.4. The van der Waals surface area contributed by atoms with Gasteiger partial charge in [0.25, 0.3) is 0 Å². The van der Waals surface area contributed by atoms with E-state index in [-0.39, 0.29) is 18.9 Å². The summed E-state index contributed by atoms with van der Waals surface area (Å²) in [5.41, 5.74) is 0. The first-order chi connectivity index (χ1) is 44.8. The number of carbonyl (C=O) groups excluding carboxylic acids is 1. The van der Waals surface area contributed by atoms with E-state index < -0.39 is 124 Å². The molecule has 0 aromatic carbocycles. The van der Waals surface area contributed by atoms with Gasteiger partial charge in [-0.3, -0.25) is 4.79 Å². The number of amides is 1. The third kappa shape index (κ3) is 34.6. The average molecular weight is 1300 g/mol. The lowest BCUT2D eigenvalue weighted by atomic mass is 9.96. The molecular formula is C73H119NO18. The van der Waals surface area contributed by atoms with Gasteiger partial charge in [-0.2, -0.15) is 0 Å². The smallest absolute Gasteiger partial charge is 0.220 e. The quantitative estimate of drug-likeness (QED) is 0.0200. The predicted octanol–water partition coefficient (Wildman–Crippen LogP) is 8.99. The van der Waals surface area contributed by atoms with Gasteiger partial charge < -0.3 is 89.9 Å². The molecule has 19 heteroatoms. The Morgan fingerprint density at radius 1 is 0.402 bits per heavy atom. The number of aliphatic hydroxyl groups excluding tert-OH is 11. The molecule has 0 spiro atoms. The fraction of sp³-hybridized carbons (Fsp3) is 0.685. The SMILES string of the molecule is CC/C=C\C/C=C\C/C=C\C/C=C\C/C=C\C/C=C\C/C=C\C/C=C\C/C=C\C/C=C\CCCCCCCCCCC(=O)NC(COC1OC(CO)C(OC2OC(CO)C(OC3OC(CO)C(O)C(O)C3O)C(O)C2O)C(O)C1O)C(O)/C=C/CCCCCCCC. The molecule has 0 aromatic rings. The van der Waals surface area contributed by atoms with E-state index in [1.165, 1.54) is 19.3 Å². The van der Waals surface area contributed by atoms with E-state index in [9.17, 15) is 61.0 Å². The summed E-state index contributed by atoms with van der Waals surface area (Å²) in [4.78, 5) is 13.3. The molecule has 3 rings (SSSR count). The summed E-state index contributed by atoms with van der Waals surface area (Å²) in [6, 6.07) is -0.984. The summed E-state index contributed by atoms with van der Waals surface area (Å²) >= 11 is 0. The van der Waals surface area contributed by atoms with E-state index >= 15 is 0 Å². The van der Waals surface area contributed by atoms with Crippen LogP contribution in [0.4, 0.5) is 0 Å². The summed E-state index contributed by atoms with van der Waals surface area (Å²) in [6.07, 6.45) is 47.6. The second-order valence-corrected chi connectivity index (χ2v) is 23.9. The van der Waals surface area contributed by atoms with Crippen molar-refractivity contribution in [2.75, 3.05) is 26.4 Å². The zero-order valence-electron chi connectivity index (χ0n) is 55.2. The number of aliphatic hydroxyl groups is 11. The molecule has 92 heavy (non-hydrogen) atoms. The summed E-state index contributed by atoms with van der Waals surface area (Å²) < 4.78 is 34.2. The minimum Gasteiger partial charge on any atom is -0.394 e. The average Bonchev–Trinajstić information content (AvgIpc) is 0.830. The van der Waals surface area contributed by atoms with Gasteiger partial charge in [-0.25, -0.2) is 0 Å². The Morgan fingerprint density at radius 3 is 1.17 bits per heavy atom. The van der Waals surface area contributed by atoms with Gasteiger partial charge >= 0.3 is 0 Å². The van der Waals surface area contributed by atoms with Gasteiger partial charge in [-0.1, -0.05) is 218 Å². The Bertz CT molecular complexity index is 2190. The highest BCUT2D eigenvalue weighted by atomic mass is 16.8. The monoisotopic (exact) mass is 1300 g/mol. The van der Waals surface area contributed by atoms with Crippen LogP contribution in [-0.2, 0) is 33.2 Å². The molecule has 12 N–H and O–H groups in total. The number of unbranched alkanes of at least 4 members (excludes halogenated alkanes) is 14. The van der Waals surface area contributed by atoms with Gasteiger partial charge in [-0.05, 0) is 96.3 Å². The Labute approximate surface area is 550 Å². The van der Waals surface area contributed by atoms with Crippen LogP contribution in [0.15, 0.2) is 134 Å². The van der Waals surface area contributed by atoms with Crippen LogP contribution in [0.5, 0.6) is 0 Å². The first-order valence-electron chi connectivity index (χ1n) is 34.4. The summed E-state index contributed by atoms with van der Waals surface area (Å²) in [5, 5.41) is 120. The summed E-state index contributed by atoms with van der Waals surface area (Å²) in [7, 11) is 0. The normalized spacial score (nSPS) is 28.6. The maximum atomic E-state index is 13.3. The third-order valence-corrected chi connectivity index (χ3v) is 16.2. The fourth-order valence-corrected chi connectivity index (χ4v) is 10.6. The lowest BCUT2D eigenvalue weighted by Gasteiger charge is -2.48. The number of ether oxygens (including phenoxy) is 6. The van der Waals surface area contributed by atoms with Crippen molar-refractivity contribution >= 4 is 5.91 Å². The second kappa shape index (κ2) is 53.1. The molecule has 0 aliphatic carbocycles. The van der Waals surface area contributed by atoms with Crippen LogP contribution in [0.25, 0.3) is 0 Å². The molecule has 19 nitrogen and oxygen atoms in total. The van der Waals surface area contributed by atoms with Crippen molar-refractivity contribution in [1.29, 1.82) is 0 Å². The molecule has 17 unspecified atom stereocenters. The van der Waals surface area contributed by atoms with E-state index in [0.717, 1.165) is 141 Å². The number of hydrogen-bond acceptors (Lipinski definition) is 18. The van der Waals surface area contributed by atoms with Crippen molar-refractivity contribution in [3.05, 3.63) is 134 Å². The Hall–Kier alpha value is -4.07. The van der Waals surface area contributed by atoms with E-state index in [2.05, 4.69) is 141 Å². The van der Waals surface area contributed by atoms with Crippen molar-refractivity contribution in [3.8, 4) is 0 Å². The molecule has 3 fully saturated rings. The van der Waals surface area contributed by atoms with Crippen LogP contribution < -0.4 is 5.32 Å². The molecule has 3 saturated heterocycles. The van der Waals surface area contributed by atoms with Crippen molar-refractivity contribution in [3.63, 3.8) is 0 Å². The maximum Gasteiger partial charge on any atom is 0.220 e. The standard InChI is InChI=1S/C73H119NO18/c1-3-5-7-9-11-13-14-15-16-17-18-19-20-21-22-23-24-25-26-27-28-29-30-31-32-33-34-35-36-37-38-39-40-41-42-43-45-47-49-51-61(79)74-56(57(78)50-48-46-44-12-10-8-6-4-2)55-87-71-67(85)64(82)69(59(53-76)89-71)92-73-68(86)65(83)70(60(54-77)90-73)91-72-66(84)63(81)62(80)58(52-75)88-72/h5,7,11,13,15-16,18-19,21-22,24-25,27-28,30-31,33-34,36-37,48,50,56-60,62-73,75-78,80-86H,3-4,6,8-10,12,14,17,20,23,26,29,32,35,38-47,49,51-55H2,1-2H3,(H,74,79)/b7-5-,13-11-,16-15-,19-18-,22-21-,25-24-,28-27-,31-30-,34-33-,37-36-,50-48+. The minimum atomic E-state index is -1.98. The van der Waals surface area contributed by atoms with E-state index in [1.807, 2.05) is 6.08 Å². The third-order valence-electron chi connectivity index (χ3n) is 16.2. The topological polar surface area (TPSA) is 307 Å². The lowest BCUT2D eigenvalue weighted by molar-refractivity contribution is -0.379. The van der Waals surface area contributed by atoms with Gasteiger partial charge in [0, 0.05) is 6.42 Å². The Morgan fingerprint density at radius 2 is 0.750 bits per heavy atom. The largest absolute Gasteiger partial charge is 0.394 e. The highest BCUT2D eigenvalue weighted by Crippen LogP contribution is 2.33. The Balaban J connectivity index is 1.31. The summed E-state index contributed by atoms with van der Waals surface area (Å²) in [6.45, 7) is 1.52. The molecule has 3 aliphatic heterocycles. The van der Waals surface area contributed by atoms with Gasteiger partial charge in [0.15, 0.2) is 18.9 Å². The van der Waals surface area contributed by atoms with Gasteiger partial charge in [-0.15, -0.1) is 0 Å². The van der Waals surface area contributed by atoms with Crippen molar-refractivity contribution in [2.45, 2.75) is 291 Å². The minimum absolute atomic E-state index is 0.224. The molecule has 17 atom stereocenters. The number of rotatable bonds is 50. The molecular weight excluding hydrogens is 1180 g/mol. The number of hydrogen-bond donors (Lipinski definition) is 12. The number of carbonyl (C=O) groups is 1. The molecule has 3 heterocycles. The first kappa shape index (κ1) is 82.2. The van der Waals surface area contributed by atoms with Gasteiger partial charge in [0.1, 0.15) is 73.2 Å². The van der Waals surface area contributed by atoms with E-state index in [4.69, 9.17) is 28.4 Å². The fourth-order valence-electron chi connectivity index (χ4n) is 10.6. The number of allylic oxidation sites excluding steroid dienone is 21. The lowest BCUT2D eigenvalue weighted by Crippen LogP contribution is -2.66. The molecule has 1 amide bonds. The van der Waals surface area contributed by atoms with Crippen LogP contribution >= 0.6 is 0 Å². The van der Waals surface area contributed by atoms with E-state index in [0.29, 0.717) is 6.42 Å². The van der Waals surface area contributed by atoms with Gasteiger partial charge in [0.2, 0.25) is 5.91 Å². The van der Waals surface area contributed by atoms with Crippen LogP contribution in [0.3, 0.4) is 0 Å². The van der Waals surface area contributed by atoms with Crippen molar-refractivity contribution in [1.82, 2.24) is 5.32 Å². The zero-order chi connectivity index (χ0) is 66.8. The molecule has 3 aliphatic rings. The maximum absolute atomic E-state index is 13.3. The molecule has 0 aromatic heterocycles. The highest BCUT2D eigenvalue weighted by molar-refractivity contribution is 5.76. The molecule has 0 bridgehead atoms.